The van der Waals surface area contributed by atoms with Gasteiger partial charge in [-0.15, -0.1) is 0 Å². The lowest BCUT2D eigenvalue weighted by Crippen LogP contribution is -2.30. The molecule has 0 rings (SSSR count). The predicted octanol–water partition coefficient (Wildman–Crippen LogP) is 4.75. The van der Waals surface area contributed by atoms with E-state index in [0.717, 1.165) is 19.0 Å². The Morgan fingerprint density at radius 2 is 1.29 bits per heavy atom. The highest BCUT2D eigenvalue weighted by Gasteiger charge is 2.44. The van der Waals surface area contributed by atoms with Crippen LogP contribution in [-0.2, 0) is 4.57 Å². The maximum absolute atomic E-state index is 13.0. The van der Waals surface area contributed by atoms with Gasteiger partial charge in [0.25, 0.3) is 0 Å². The fraction of sp³-hybridized carbons (Fsp3) is 1.00. The highest BCUT2D eigenvalue weighted by Crippen LogP contribution is 2.66. The van der Waals surface area contributed by atoms with Gasteiger partial charge < -0.3 is 4.57 Å². The van der Waals surface area contributed by atoms with Gasteiger partial charge in [-0.1, -0.05) is 54.9 Å². The Hall–Kier alpha value is 0.230. The molecule has 0 saturated heterocycles. The van der Waals surface area contributed by atoms with Crippen molar-refractivity contribution in [3.63, 3.8) is 0 Å². The summed E-state index contributed by atoms with van der Waals surface area (Å²) in [5.41, 5.74) is 0. The zero-order chi connectivity index (χ0) is 11.6. The average Bonchev–Trinajstić information content (AvgIpc) is 1.95. The highest BCUT2D eigenvalue weighted by molar-refractivity contribution is 7.66. The molecule has 0 amide bonds. The summed E-state index contributed by atoms with van der Waals surface area (Å²) in [5.74, 6) is 0. The Labute approximate surface area is 90.0 Å². The van der Waals surface area contributed by atoms with Crippen molar-refractivity contribution in [3.05, 3.63) is 0 Å². The standard InChI is InChI=1S/C12H27OP/c1-8-9-10-14(13,11(2,3)4)12(5,6)7/h8-10H2,1-7H3. The first-order valence-electron chi connectivity index (χ1n) is 5.65. The molecule has 14 heavy (non-hydrogen) atoms. The van der Waals surface area contributed by atoms with Crippen LogP contribution in [0.4, 0.5) is 0 Å². The summed E-state index contributed by atoms with van der Waals surface area (Å²) in [7, 11) is -2.10. The van der Waals surface area contributed by atoms with Gasteiger partial charge in [0.1, 0.15) is 0 Å². The SMILES string of the molecule is CCCCP(=O)(C(C)(C)C)C(C)(C)C. The lowest BCUT2D eigenvalue weighted by molar-refractivity contribution is 0.515. The fourth-order valence-electron chi connectivity index (χ4n) is 2.06. The van der Waals surface area contributed by atoms with Crippen molar-refractivity contribution in [3.8, 4) is 0 Å². The van der Waals surface area contributed by atoms with Crippen molar-refractivity contribution in [2.24, 2.45) is 0 Å². The summed E-state index contributed by atoms with van der Waals surface area (Å²) in [5, 5.41) is -0.110. The largest absolute Gasteiger partial charge is 0.322 e. The third-order valence-corrected chi connectivity index (χ3v) is 8.27. The van der Waals surface area contributed by atoms with Crippen LogP contribution in [0.15, 0.2) is 0 Å². The van der Waals surface area contributed by atoms with Crippen LogP contribution < -0.4 is 0 Å². The molecular formula is C12H27OP. The molecule has 0 aromatic rings. The summed E-state index contributed by atoms with van der Waals surface area (Å²) >= 11 is 0. The summed E-state index contributed by atoms with van der Waals surface area (Å²) in [4.78, 5) is 0. The van der Waals surface area contributed by atoms with Gasteiger partial charge in [0.15, 0.2) is 0 Å². The van der Waals surface area contributed by atoms with Gasteiger partial charge in [-0.2, -0.15) is 0 Å². The van der Waals surface area contributed by atoms with Gasteiger partial charge >= 0.3 is 0 Å². The molecule has 0 aliphatic carbocycles. The molecule has 0 radical (unpaired) electrons. The topological polar surface area (TPSA) is 17.1 Å². The van der Waals surface area contributed by atoms with E-state index in [9.17, 15) is 4.57 Å². The van der Waals surface area contributed by atoms with Crippen LogP contribution in [-0.4, -0.2) is 16.5 Å². The molecule has 0 spiro atoms. The van der Waals surface area contributed by atoms with Crippen molar-refractivity contribution in [1.29, 1.82) is 0 Å². The van der Waals surface area contributed by atoms with E-state index in [1.165, 1.54) is 0 Å². The van der Waals surface area contributed by atoms with E-state index < -0.39 is 7.14 Å². The van der Waals surface area contributed by atoms with E-state index in [2.05, 4.69) is 48.5 Å². The van der Waals surface area contributed by atoms with Crippen LogP contribution in [0.5, 0.6) is 0 Å². The van der Waals surface area contributed by atoms with E-state index in [-0.39, 0.29) is 10.3 Å². The molecule has 0 aliphatic rings. The van der Waals surface area contributed by atoms with Crippen LogP contribution in [0.25, 0.3) is 0 Å². The Kier molecular flexibility index (Phi) is 4.46. The number of hydrogen-bond donors (Lipinski definition) is 0. The minimum absolute atomic E-state index is 0.0551. The van der Waals surface area contributed by atoms with E-state index in [4.69, 9.17) is 0 Å². The first-order chi connectivity index (χ1) is 6.06. The molecule has 0 bridgehead atoms. The molecule has 0 fully saturated rings. The van der Waals surface area contributed by atoms with Gasteiger partial charge in [-0.25, -0.2) is 0 Å². The van der Waals surface area contributed by atoms with Crippen molar-refractivity contribution in [2.45, 2.75) is 71.6 Å². The molecule has 1 nitrogen and oxygen atoms in total. The number of rotatable bonds is 3. The van der Waals surface area contributed by atoms with Crippen LogP contribution in [0.1, 0.15) is 61.3 Å². The maximum Gasteiger partial charge on any atom is 0.0977 e. The summed E-state index contributed by atoms with van der Waals surface area (Å²) in [6.45, 7) is 14.9. The fourth-order valence-corrected chi connectivity index (χ4v) is 6.17. The minimum atomic E-state index is -2.10. The van der Waals surface area contributed by atoms with Gasteiger partial charge in [-0.05, 0) is 6.42 Å². The van der Waals surface area contributed by atoms with Crippen LogP contribution in [0.2, 0.25) is 0 Å². The third kappa shape index (κ3) is 2.86. The minimum Gasteiger partial charge on any atom is -0.322 e. The molecule has 0 aliphatic heterocycles. The number of hydrogen-bond acceptors (Lipinski definition) is 1. The quantitative estimate of drug-likeness (QED) is 0.625. The van der Waals surface area contributed by atoms with Gasteiger partial charge in [0.2, 0.25) is 0 Å². The predicted molar refractivity (Wildman–Crippen MR) is 66.9 cm³/mol. The molecule has 0 N–H and O–H groups in total. The van der Waals surface area contributed by atoms with Gasteiger partial charge in [0.05, 0.1) is 7.14 Å². The summed E-state index contributed by atoms with van der Waals surface area (Å²) in [6.07, 6.45) is 3.12. The Bertz CT molecular complexity index is 199. The second kappa shape index (κ2) is 4.39. The molecule has 0 aromatic carbocycles. The lowest BCUT2D eigenvalue weighted by atomic mass is 10.2. The van der Waals surface area contributed by atoms with Gasteiger partial charge in [-0.3, -0.25) is 0 Å². The van der Waals surface area contributed by atoms with E-state index >= 15 is 0 Å². The van der Waals surface area contributed by atoms with E-state index in [0.29, 0.717) is 0 Å². The second-order valence-electron chi connectivity index (χ2n) is 6.16. The average molecular weight is 218 g/mol. The molecular weight excluding hydrogens is 191 g/mol. The van der Waals surface area contributed by atoms with Crippen molar-refractivity contribution in [1.82, 2.24) is 0 Å². The summed E-state index contributed by atoms with van der Waals surface area (Å²) < 4.78 is 13.0. The molecule has 0 unspecified atom stereocenters. The van der Waals surface area contributed by atoms with Gasteiger partial charge in [0, 0.05) is 16.5 Å². The lowest BCUT2D eigenvalue weighted by Gasteiger charge is -2.41. The normalized spacial score (nSPS) is 14.5. The Morgan fingerprint density at radius 1 is 0.929 bits per heavy atom. The zero-order valence-corrected chi connectivity index (χ0v) is 11.9. The van der Waals surface area contributed by atoms with Crippen LogP contribution in [0, 0.1) is 0 Å². The number of unbranched alkanes of at least 4 members (excludes halogenated alkanes) is 1. The third-order valence-electron chi connectivity index (χ3n) is 2.99. The van der Waals surface area contributed by atoms with Crippen LogP contribution >= 0.6 is 7.14 Å². The smallest absolute Gasteiger partial charge is 0.0977 e. The Balaban J connectivity index is 4.99. The Morgan fingerprint density at radius 3 is 1.50 bits per heavy atom. The molecule has 0 aromatic heterocycles. The van der Waals surface area contributed by atoms with E-state index in [1.807, 2.05) is 0 Å². The first-order valence-corrected chi connectivity index (χ1v) is 7.55. The monoisotopic (exact) mass is 218 g/mol. The maximum atomic E-state index is 13.0. The molecule has 0 heterocycles. The zero-order valence-electron chi connectivity index (χ0n) is 11.0. The molecule has 0 atom stereocenters. The van der Waals surface area contributed by atoms with Crippen molar-refractivity contribution in [2.75, 3.05) is 6.16 Å². The van der Waals surface area contributed by atoms with Crippen LogP contribution in [0.3, 0.4) is 0 Å². The van der Waals surface area contributed by atoms with E-state index in [1.54, 1.807) is 0 Å². The highest BCUT2D eigenvalue weighted by atomic mass is 31.2. The first kappa shape index (κ1) is 14.2. The summed E-state index contributed by atoms with van der Waals surface area (Å²) in [6, 6.07) is 0. The van der Waals surface area contributed by atoms with Crippen molar-refractivity contribution < 1.29 is 4.57 Å². The molecule has 86 valence electrons. The second-order valence-corrected chi connectivity index (χ2v) is 10.8. The molecule has 2 heteroatoms. The molecule has 0 saturated carbocycles. The van der Waals surface area contributed by atoms with Crippen molar-refractivity contribution >= 4 is 7.14 Å².